The molecule has 12 nitrogen and oxygen atoms in total. The number of amides is 2. The molecule has 244 valence electrons. The maximum Gasteiger partial charge on any atom is 0.337 e. The van der Waals surface area contributed by atoms with Gasteiger partial charge >= 0.3 is 12.0 Å². The normalized spacial score (nSPS) is 15.1. The van der Waals surface area contributed by atoms with E-state index in [4.69, 9.17) is 35.3 Å². The lowest BCUT2D eigenvalue weighted by Gasteiger charge is -2.28. The van der Waals surface area contributed by atoms with Gasteiger partial charge < -0.3 is 39.4 Å². The van der Waals surface area contributed by atoms with Gasteiger partial charge in [-0.25, -0.2) is 14.0 Å². The number of carbonyl (C=O) groups is 2. The van der Waals surface area contributed by atoms with Crippen molar-refractivity contribution in [3.8, 4) is 23.0 Å². The Kier molecular flexibility index (Phi) is 11.7. The Labute approximate surface area is 270 Å². The average Bonchev–Trinajstić information content (AvgIpc) is 3.03. The first-order chi connectivity index (χ1) is 22.1. The molecule has 0 bridgehead atoms. The number of rotatable bonds is 14. The topological polar surface area (TPSA) is 149 Å². The Morgan fingerprint density at radius 1 is 1.11 bits per heavy atom. The summed E-state index contributed by atoms with van der Waals surface area (Å²) in [6.07, 6.45) is 0.215. The summed E-state index contributed by atoms with van der Waals surface area (Å²) < 4.78 is 41.1. The molecule has 0 aliphatic carbocycles. The largest absolute Gasteiger partial charge is 0.493 e. The summed E-state index contributed by atoms with van der Waals surface area (Å²) >= 11 is 6.42. The highest BCUT2D eigenvalue weighted by Crippen LogP contribution is 2.37. The first-order valence-corrected chi connectivity index (χ1v) is 14.5. The molecule has 3 aromatic rings. The number of carbonyl (C=O) groups excluding carboxylic acids is 2. The molecular formula is C32H34ClFN4O8. The Morgan fingerprint density at radius 2 is 1.91 bits per heavy atom. The van der Waals surface area contributed by atoms with Crippen molar-refractivity contribution in [1.82, 2.24) is 16.1 Å². The van der Waals surface area contributed by atoms with E-state index < -0.39 is 24.3 Å². The molecule has 4 N–H and O–H groups in total. The Bertz CT molecular complexity index is 1630. The number of aliphatic hydroxyl groups excluding tert-OH is 1. The van der Waals surface area contributed by atoms with Crippen LogP contribution in [-0.4, -0.2) is 57.0 Å². The molecule has 46 heavy (non-hydrogen) atoms. The van der Waals surface area contributed by atoms with Gasteiger partial charge in [0, 0.05) is 5.70 Å². The van der Waals surface area contributed by atoms with Gasteiger partial charge in [0.25, 0.3) is 0 Å². The van der Waals surface area contributed by atoms with Crippen LogP contribution in [0.15, 0.2) is 71.0 Å². The molecule has 1 aliphatic heterocycles. The molecule has 3 aromatic carbocycles. The Hall–Kier alpha value is -5.01. The molecule has 1 heterocycles. The van der Waals surface area contributed by atoms with Gasteiger partial charge in [-0.1, -0.05) is 29.8 Å². The zero-order valence-electron chi connectivity index (χ0n) is 25.6. The number of nitrogens with one attached hydrogen (secondary N) is 3. The van der Waals surface area contributed by atoms with Crippen LogP contribution in [0.2, 0.25) is 5.02 Å². The summed E-state index contributed by atoms with van der Waals surface area (Å²) in [5.41, 5.74) is 4.94. The van der Waals surface area contributed by atoms with Crippen LogP contribution in [0.4, 0.5) is 9.18 Å². The average molecular weight is 657 g/mol. The summed E-state index contributed by atoms with van der Waals surface area (Å²) in [5, 5.41) is 20.1. The van der Waals surface area contributed by atoms with Crippen LogP contribution in [0.25, 0.3) is 0 Å². The molecule has 0 unspecified atom stereocenters. The van der Waals surface area contributed by atoms with Gasteiger partial charge in [0.1, 0.15) is 19.0 Å². The van der Waals surface area contributed by atoms with Crippen LogP contribution in [0.1, 0.15) is 36.6 Å². The molecule has 4 rings (SSSR count). The zero-order valence-corrected chi connectivity index (χ0v) is 26.3. The molecule has 0 saturated carbocycles. The number of hydrogen-bond donors (Lipinski definition) is 4. The molecule has 0 saturated heterocycles. The van der Waals surface area contributed by atoms with Crippen molar-refractivity contribution in [1.29, 1.82) is 0 Å². The third-order valence-electron chi connectivity index (χ3n) is 6.63. The molecule has 0 radical (unpaired) electrons. The quantitative estimate of drug-likeness (QED) is 0.0846. The third kappa shape index (κ3) is 8.58. The summed E-state index contributed by atoms with van der Waals surface area (Å²) in [7, 11) is 2.72. The van der Waals surface area contributed by atoms with Gasteiger partial charge in [-0.3, -0.25) is 5.43 Å². The van der Waals surface area contributed by atoms with Crippen molar-refractivity contribution in [2.24, 2.45) is 5.10 Å². The van der Waals surface area contributed by atoms with Crippen LogP contribution in [0.5, 0.6) is 23.0 Å². The molecule has 0 aromatic heterocycles. The Balaban J connectivity index is 1.39. The van der Waals surface area contributed by atoms with Crippen molar-refractivity contribution in [2.45, 2.75) is 32.7 Å². The number of hydrazone groups is 1. The minimum Gasteiger partial charge on any atom is -0.493 e. The van der Waals surface area contributed by atoms with Crippen molar-refractivity contribution in [3.63, 3.8) is 0 Å². The second-order valence-corrected chi connectivity index (χ2v) is 10.3. The fourth-order valence-corrected chi connectivity index (χ4v) is 4.83. The maximum atomic E-state index is 13.5. The predicted molar refractivity (Wildman–Crippen MR) is 168 cm³/mol. The van der Waals surface area contributed by atoms with E-state index in [9.17, 15) is 19.1 Å². The van der Waals surface area contributed by atoms with E-state index >= 15 is 0 Å². The predicted octanol–water partition coefficient (Wildman–Crippen LogP) is 4.59. The van der Waals surface area contributed by atoms with Gasteiger partial charge in [-0.2, -0.15) is 5.10 Å². The van der Waals surface area contributed by atoms with Gasteiger partial charge in [0.2, 0.25) is 0 Å². The summed E-state index contributed by atoms with van der Waals surface area (Å²) in [5.74, 6) is 0.334. The van der Waals surface area contributed by atoms with Crippen molar-refractivity contribution in [2.75, 3.05) is 27.4 Å². The molecular weight excluding hydrogens is 623 g/mol. The number of esters is 1. The number of hydrogen-bond acceptors (Lipinski definition) is 10. The lowest BCUT2D eigenvalue weighted by molar-refractivity contribution is -0.136. The van der Waals surface area contributed by atoms with Crippen molar-refractivity contribution >= 4 is 29.8 Å². The lowest BCUT2D eigenvalue weighted by Crippen LogP contribution is -2.45. The second-order valence-electron chi connectivity index (χ2n) is 9.87. The number of allylic oxidation sites excluding steroid dienone is 1. The number of benzene rings is 3. The number of nitrogens with zero attached hydrogens (tertiary/aromatic N) is 1. The van der Waals surface area contributed by atoms with Crippen LogP contribution in [-0.2, 0) is 16.1 Å². The second kappa shape index (κ2) is 15.8. The highest BCUT2D eigenvalue weighted by molar-refractivity contribution is 6.32. The van der Waals surface area contributed by atoms with Crippen LogP contribution in [0, 0.1) is 5.82 Å². The summed E-state index contributed by atoms with van der Waals surface area (Å²) in [6.45, 7) is 3.60. The molecule has 2 amide bonds. The zero-order chi connectivity index (χ0) is 33.2. The van der Waals surface area contributed by atoms with Gasteiger partial charge in [0.05, 0.1) is 43.7 Å². The number of methoxy groups -OCH3 is 2. The molecule has 0 fully saturated rings. The fourth-order valence-electron chi connectivity index (χ4n) is 4.56. The smallest absolute Gasteiger partial charge is 0.337 e. The minimum absolute atomic E-state index is 0.0859. The van der Waals surface area contributed by atoms with E-state index in [1.165, 1.54) is 32.6 Å². The van der Waals surface area contributed by atoms with E-state index in [0.717, 1.165) is 0 Å². The maximum absolute atomic E-state index is 13.5. The summed E-state index contributed by atoms with van der Waals surface area (Å²) in [6, 6.07) is 13.0. The van der Waals surface area contributed by atoms with E-state index in [0.29, 0.717) is 52.0 Å². The standard InChI is InChI=1S/C32H34ClFN4O8/c1-5-44-25-14-21(29-28(31(40)43-4)18(2)36-32(41)37-29)9-10-24(25)45-17-27(39)38-35-15-20-12-23(33)30(26(13-20)42-3)46-16-19-7-6-8-22(34)11-19/h6-15,27,29,38-39H,5,16-17H2,1-4H3,(H2,36,37,41)/b35-15-/t27-,29+/m1/s1. The van der Waals surface area contributed by atoms with Crippen molar-refractivity contribution < 1.29 is 42.8 Å². The van der Waals surface area contributed by atoms with Crippen molar-refractivity contribution in [3.05, 3.63) is 93.4 Å². The first-order valence-electron chi connectivity index (χ1n) is 14.1. The highest BCUT2D eigenvalue weighted by atomic mass is 35.5. The fraction of sp³-hybridized carbons (Fsp3) is 0.281. The number of ether oxygens (including phenoxy) is 5. The number of aliphatic hydroxyl groups is 1. The highest BCUT2D eigenvalue weighted by Gasteiger charge is 2.32. The molecule has 0 spiro atoms. The summed E-state index contributed by atoms with van der Waals surface area (Å²) in [4.78, 5) is 24.6. The van der Waals surface area contributed by atoms with Crippen LogP contribution in [0.3, 0.4) is 0 Å². The molecule has 2 atom stereocenters. The molecule has 1 aliphatic rings. The van der Waals surface area contributed by atoms with Gasteiger partial charge in [0.15, 0.2) is 29.2 Å². The Morgan fingerprint density at radius 3 is 2.63 bits per heavy atom. The van der Waals surface area contributed by atoms with E-state index in [2.05, 4.69) is 21.2 Å². The van der Waals surface area contributed by atoms with Crippen LogP contribution >= 0.6 is 11.6 Å². The lowest BCUT2D eigenvalue weighted by atomic mass is 9.95. The van der Waals surface area contributed by atoms with Gasteiger partial charge in [-0.15, -0.1) is 0 Å². The first kappa shape index (κ1) is 33.9. The monoisotopic (exact) mass is 656 g/mol. The van der Waals surface area contributed by atoms with E-state index in [-0.39, 0.29) is 29.6 Å². The third-order valence-corrected chi connectivity index (χ3v) is 6.91. The van der Waals surface area contributed by atoms with E-state index in [1.54, 1.807) is 56.3 Å². The minimum atomic E-state index is -1.21. The number of halogens is 2. The molecule has 14 heteroatoms. The number of urea groups is 1. The van der Waals surface area contributed by atoms with E-state index in [1.807, 2.05) is 0 Å². The van der Waals surface area contributed by atoms with Crippen LogP contribution < -0.4 is 35.0 Å². The van der Waals surface area contributed by atoms with Gasteiger partial charge in [-0.05, 0) is 66.9 Å². The SMILES string of the molecule is CCOc1cc([C@@H]2NC(=O)NC(C)=C2C(=O)OC)ccc1OC[C@@H](O)N/N=C\c1cc(Cl)c(OCc2cccc(F)c2)c(OC)c1.